The second-order valence-electron chi connectivity index (χ2n) is 4.20. The molecule has 2 atom stereocenters. The lowest BCUT2D eigenvalue weighted by Gasteiger charge is -2.24. The lowest BCUT2D eigenvalue weighted by Crippen LogP contribution is -2.30. The minimum absolute atomic E-state index is 0.0846. The van der Waals surface area contributed by atoms with E-state index in [1.54, 1.807) is 7.11 Å². The predicted octanol–water partition coefficient (Wildman–Crippen LogP) is 2.08. The van der Waals surface area contributed by atoms with E-state index in [1.165, 1.54) is 7.11 Å². The number of methoxy groups -OCH3 is 2. The van der Waals surface area contributed by atoms with Gasteiger partial charge in [0.15, 0.2) is 0 Å². The number of hydrogen-bond donors (Lipinski definition) is 1. The van der Waals surface area contributed by atoms with Crippen LogP contribution >= 0.6 is 0 Å². The maximum absolute atomic E-state index is 11.5. The molecule has 4 heteroatoms. The summed E-state index contributed by atoms with van der Waals surface area (Å²) in [7, 11) is 3.00. The molecule has 0 saturated heterocycles. The highest BCUT2D eigenvalue weighted by Gasteiger charge is 2.24. The van der Waals surface area contributed by atoms with E-state index in [-0.39, 0.29) is 24.3 Å². The van der Waals surface area contributed by atoms with Crippen LogP contribution in [-0.4, -0.2) is 26.2 Å². The van der Waals surface area contributed by atoms with Crippen LogP contribution in [0.1, 0.15) is 31.2 Å². The van der Waals surface area contributed by atoms with E-state index >= 15 is 0 Å². The van der Waals surface area contributed by atoms with Crippen LogP contribution in [0, 0.1) is 0 Å². The fourth-order valence-electron chi connectivity index (χ4n) is 2.01. The van der Waals surface area contributed by atoms with E-state index in [4.69, 9.17) is 15.2 Å². The fourth-order valence-corrected chi connectivity index (χ4v) is 2.01. The van der Waals surface area contributed by atoms with Gasteiger partial charge in [-0.1, -0.05) is 25.1 Å². The molecule has 0 spiro atoms. The molecule has 4 nitrogen and oxygen atoms in total. The first kappa shape index (κ1) is 14.5. The average molecular weight is 251 g/mol. The summed E-state index contributed by atoms with van der Waals surface area (Å²) in [5, 5.41) is 0. The van der Waals surface area contributed by atoms with Crippen molar-refractivity contribution in [2.45, 2.75) is 31.7 Å². The van der Waals surface area contributed by atoms with Crippen molar-refractivity contribution in [3.63, 3.8) is 0 Å². The predicted molar refractivity (Wildman–Crippen MR) is 70.6 cm³/mol. The molecule has 2 unspecified atom stereocenters. The zero-order chi connectivity index (χ0) is 13.5. The van der Waals surface area contributed by atoms with Crippen LogP contribution in [0.3, 0.4) is 0 Å². The Labute approximate surface area is 108 Å². The van der Waals surface area contributed by atoms with Gasteiger partial charge < -0.3 is 15.2 Å². The number of carbonyl (C=O) groups is 1. The molecule has 0 aromatic heterocycles. The highest BCUT2D eigenvalue weighted by Crippen LogP contribution is 2.31. The van der Waals surface area contributed by atoms with Crippen molar-refractivity contribution in [2.24, 2.45) is 5.73 Å². The molecule has 1 rings (SSSR count). The lowest BCUT2D eigenvalue weighted by molar-refractivity contribution is -0.141. The molecule has 18 heavy (non-hydrogen) atoms. The van der Waals surface area contributed by atoms with Gasteiger partial charge in [0, 0.05) is 12.0 Å². The van der Waals surface area contributed by atoms with E-state index < -0.39 is 0 Å². The Morgan fingerprint density at radius 1 is 1.33 bits per heavy atom. The van der Waals surface area contributed by atoms with Gasteiger partial charge in [0.25, 0.3) is 0 Å². The summed E-state index contributed by atoms with van der Waals surface area (Å²) in [5.41, 5.74) is 7.07. The molecule has 2 N–H and O–H groups in total. The molecule has 0 aliphatic carbocycles. The summed E-state index contributed by atoms with van der Waals surface area (Å²) in [6, 6.07) is 7.55. The first-order valence-corrected chi connectivity index (χ1v) is 6.09. The molecule has 1 aromatic rings. The molecule has 0 bridgehead atoms. The summed E-state index contributed by atoms with van der Waals surface area (Å²) in [5.74, 6) is 0.420. The van der Waals surface area contributed by atoms with Crippen molar-refractivity contribution in [1.82, 2.24) is 0 Å². The topological polar surface area (TPSA) is 61.6 Å². The van der Waals surface area contributed by atoms with Crippen LogP contribution in [0.5, 0.6) is 5.75 Å². The number of rotatable bonds is 6. The lowest BCUT2D eigenvalue weighted by atomic mass is 9.87. The summed E-state index contributed by atoms with van der Waals surface area (Å²) in [4.78, 5) is 11.5. The van der Waals surface area contributed by atoms with Gasteiger partial charge in [-0.2, -0.15) is 0 Å². The Hall–Kier alpha value is -1.55. The van der Waals surface area contributed by atoms with Gasteiger partial charge >= 0.3 is 5.97 Å². The summed E-state index contributed by atoms with van der Waals surface area (Å²) < 4.78 is 10.1. The first-order chi connectivity index (χ1) is 8.63. The number of benzene rings is 1. The second kappa shape index (κ2) is 7.01. The van der Waals surface area contributed by atoms with E-state index in [0.29, 0.717) is 0 Å². The van der Waals surface area contributed by atoms with Crippen LogP contribution in [0.25, 0.3) is 0 Å². The molecule has 100 valence electrons. The number of esters is 1. The minimum atomic E-state index is -0.255. The maximum Gasteiger partial charge on any atom is 0.306 e. The molecular weight excluding hydrogens is 230 g/mol. The van der Waals surface area contributed by atoms with Gasteiger partial charge in [-0.25, -0.2) is 0 Å². The van der Waals surface area contributed by atoms with Gasteiger partial charge in [0.1, 0.15) is 5.75 Å². The molecule has 0 radical (unpaired) electrons. The van der Waals surface area contributed by atoms with Crippen LogP contribution in [-0.2, 0) is 9.53 Å². The van der Waals surface area contributed by atoms with E-state index in [1.807, 2.05) is 31.2 Å². The highest BCUT2D eigenvalue weighted by atomic mass is 16.5. The maximum atomic E-state index is 11.5. The molecule has 1 aromatic carbocycles. The van der Waals surface area contributed by atoms with Crippen molar-refractivity contribution in [1.29, 1.82) is 0 Å². The molecule has 0 aliphatic rings. The average Bonchev–Trinajstić information content (AvgIpc) is 2.43. The summed E-state index contributed by atoms with van der Waals surface area (Å²) >= 11 is 0. The smallest absolute Gasteiger partial charge is 0.306 e. The van der Waals surface area contributed by atoms with Crippen LogP contribution < -0.4 is 10.5 Å². The Morgan fingerprint density at radius 3 is 2.56 bits per heavy atom. The number of hydrogen-bond acceptors (Lipinski definition) is 4. The number of ether oxygens (including phenoxy) is 2. The Balaban J connectivity index is 3.04. The SMILES string of the molecule is CCC(N)C(CC(=O)OC)c1ccccc1OC. The third-order valence-corrected chi connectivity index (χ3v) is 3.14. The number of para-hydroxylation sites is 1. The van der Waals surface area contributed by atoms with Gasteiger partial charge in [-0.15, -0.1) is 0 Å². The van der Waals surface area contributed by atoms with Gasteiger partial charge in [0.2, 0.25) is 0 Å². The van der Waals surface area contributed by atoms with Crippen molar-refractivity contribution >= 4 is 5.97 Å². The molecule has 0 heterocycles. The van der Waals surface area contributed by atoms with Crippen molar-refractivity contribution < 1.29 is 14.3 Å². The standard InChI is InChI=1S/C14H21NO3/c1-4-12(15)11(9-14(16)18-3)10-7-5-6-8-13(10)17-2/h5-8,11-12H,4,9,15H2,1-3H3. The zero-order valence-corrected chi connectivity index (χ0v) is 11.2. The molecule has 0 amide bonds. The molecule has 0 fully saturated rings. The van der Waals surface area contributed by atoms with Crippen molar-refractivity contribution in [3.8, 4) is 5.75 Å². The fraction of sp³-hybridized carbons (Fsp3) is 0.500. The van der Waals surface area contributed by atoms with Crippen LogP contribution in [0.4, 0.5) is 0 Å². The molecule has 0 saturated carbocycles. The number of nitrogens with two attached hydrogens (primary N) is 1. The zero-order valence-electron chi connectivity index (χ0n) is 11.2. The number of carbonyl (C=O) groups excluding carboxylic acids is 1. The quantitative estimate of drug-likeness (QED) is 0.786. The third kappa shape index (κ3) is 3.47. The normalized spacial score (nSPS) is 13.8. The van der Waals surface area contributed by atoms with E-state index in [2.05, 4.69) is 0 Å². The monoisotopic (exact) mass is 251 g/mol. The van der Waals surface area contributed by atoms with Crippen molar-refractivity contribution in [2.75, 3.05) is 14.2 Å². The molecular formula is C14H21NO3. The third-order valence-electron chi connectivity index (χ3n) is 3.14. The Bertz CT molecular complexity index is 392. The highest BCUT2D eigenvalue weighted by molar-refractivity contribution is 5.70. The summed E-state index contributed by atoms with van der Waals surface area (Å²) in [6.07, 6.45) is 1.06. The van der Waals surface area contributed by atoms with E-state index in [9.17, 15) is 4.79 Å². The Morgan fingerprint density at radius 2 is 2.00 bits per heavy atom. The van der Waals surface area contributed by atoms with Crippen LogP contribution in [0.15, 0.2) is 24.3 Å². The first-order valence-electron chi connectivity index (χ1n) is 6.09. The summed E-state index contributed by atoms with van der Waals surface area (Å²) in [6.45, 7) is 2.00. The Kier molecular flexibility index (Phi) is 5.65. The van der Waals surface area contributed by atoms with Gasteiger partial charge in [0.05, 0.1) is 20.6 Å². The molecule has 0 aliphatic heterocycles. The largest absolute Gasteiger partial charge is 0.496 e. The van der Waals surface area contributed by atoms with Gasteiger partial charge in [-0.05, 0) is 18.1 Å². The van der Waals surface area contributed by atoms with Crippen LogP contribution in [0.2, 0.25) is 0 Å². The van der Waals surface area contributed by atoms with Gasteiger partial charge in [-0.3, -0.25) is 4.79 Å². The van der Waals surface area contributed by atoms with E-state index in [0.717, 1.165) is 17.7 Å². The second-order valence-corrected chi connectivity index (χ2v) is 4.20. The minimum Gasteiger partial charge on any atom is -0.496 e. The van der Waals surface area contributed by atoms with Crippen molar-refractivity contribution in [3.05, 3.63) is 29.8 Å².